The molecule has 0 aliphatic heterocycles. The van der Waals surface area contributed by atoms with E-state index in [0.717, 1.165) is 0 Å². The molecular formula is C18H23NO3S. The summed E-state index contributed by atoms with van der Waals surface area (Å²) in [4.78, 5) is 0.247. The first-order valence-corrected chi connectivity index (χ1v) is 9.12. The summed E-state index contributed by atoms with van der Waals surface area (Å²) >= 11 is 0. The van der Waals surface area contributed by atoms with Crippen LogP contribution in [-0.2, 0) is 10.0 Å². The molecule has 0 aliphatic carbocycles. The van der Waals surface area contributed by atoms with Gasteiger partial charge in [-0.15, -0.1) is 0 Å². The lowest BCUT2D eigenvalue weighted by atomic mass is 10.0. The lowest BCUT2D eigenvalue weighted by Crippen LogP contribution is -2.26. The molecule has 0 saturated heterocycles. The van der Waals surface area contributed by atoms with E-state index in [1.807, 2.05) is 31.2 Å². The van der Waals surface area contributed by atoms with Crippen LogP contribution >= 0.6 is 0 Å². The first-order chi connectivity index (χ1) is 10.9. The van der Waals surface area contributed by atoms with Crippen LogP contribution in [0.3, 0.4) is 0 Å². The molecule has 0 saturated carbocycles. The summed E-state index contributed by atoms with van der Waals surface area (Å²) in [5, 5.41) is 0. The highest BCUT2D eigenvalue weighted by Gasteiger charge is 2.21. The number of benzene rings is 2. The van der Waals surface area contributed by atoms with E-state index < -0.39 is 10.0 Å². The first-order valence-electron chi connectivity index (χ1n) is 7.68. The maximum atomic E-state index is 12.7. The standard InChI is InChI=1S/C18H23NO3S/c1-5-22-17-10-12-18(13-11-17)23(20,21)19(4)16-8-6-15(7-9-16)14(2)3/h6-14H,5H2,1-4H3. The van der Waals surface area contributed by atoms with Crippen LogP contribution in [0.4, 0.5) is 5.69 Å². The van der Waals surface area contributed by atoms with Crippen molar-refractivity contribution in [3.05, 3.63) is 54.1 Å². The van der Waals surface area contributed by atoms with Gasteiger partial charge in [0.25, 0.3) is 10.0 Å². The quantitative estimate of drug-likeness (QED) is 0.802. The number of hydrogen-bond donors (Lipinski definition) is 0. The maximum Gasteiger partial charge on any atom is 0.264 e. The Balaban J connectivity index is 2.27. The minimum atomic E-state index is -3.58. The summed E-state index contributed by atoms with van der Waals surface area (Å²) in [5.41, 5.74) is 1.82. The van der Waals surface area contributed by atoms with E-state index in [2.05, 4.69) is 13.8 Å². The van der Waals surface area contributed by atoms with Crippen molar-refractivity contribution in [1.29, 1.82) is 0 Å². The summed E-state index contributed by atoms with van der Waals surface area (Å²) in [7, 11) is -2.01. The van der Waals surface area contributed by atoms with Crippen LogP contribution in [0.15, 0.2) is 53.4 Å². The van der Waals surface area contributed by atoms with Gasteiger partial charge in [0.2, 0.25) is 0 Å². The molecule has 2 rings (SSSR count). The van der Waals surface area contributed by atoms with Gasteiger partial charge in [-0.25, -0.2) is 8.42 Å². The van der Waals surface area contributed by atoms with Gasteiger partial charge in [-0.1, -0.05) is 26.0 Å². The third-order valence-corrected chi connectivity index (χ3v) is 5.52. The molecule has 0 unspecified atom stereocenters. The lowest BCUT2D eigenvalue weighted by Gasteiger charge is -2.20. The van der Waals surface area contributed by atoms with Gasteiger partial charge in [0.1, 0.15) is 5.75 Å². The van der Waals surface area contributed by atoms with E-state index in [-0.39, 0.29) is 4.90 Å². The molecule has 23 heavy (non-hydrogen) atoms. The van der Waals surface area contributed by atoms with Crippen molar-refractivity contribution in [2.45, 2.75) is 31.6 Å². The Morgan fingerprint density at radius 1 is 1.00 bits per heavy atom. The van der Waals surface area contributed by atoms with Gasteiger partial charge in [0.15, 0.2) is 0 Å². The Bertz CT molecular complexity index is 735. The van der Waals surface area contributed by atoms with Gasteiger partial charge in [-0.2, -0.15) is 0 Å². The molecule has 0 bridgehead atoms. The zero-order chi connectivity index (χ0) is 17.0. The molecule has 5 heteroatoms. The van der Waals surface area contributed by atoms with E-state index in [1.165, 1.54) is 9.87 Å². The fourth-order valence-corrected chi connectivity index (χ4v) is 3.44. The van der Waals surface area contributed by atoms with Crippen LogP contribution in [0.1, 0.15) is 32.3 Å². The number of anilines is 1. The Kier molecular flexibility index (Phi) is 5.31. The Labute approximate surface area is 138 Å². The van der Waals surface area contributed by atoms with E-state index in [4.69, 9.17) is 4.74 Å². The highest BCUT2D eigenvalue weighted by atomic mass is 32.2. The van der Waals surface area contributed by atoms with E-state index in [1.54, 1.807) is 31.3 Å². The number of hydrogen-bond acceptors (Lipinski definition) is 3. The molecule has 124 valence electrons. The van der Waals surface area contributed by atoms with Crippen LogP contribution < -0.4 is 9.04 Å². The van der Waals surface area contributed by atoms with Crippen molar-refractivity contribution in [2.24, 2.45) is 0 Å². The van der Waals surface area contributed by atoms with Crippen LogP contribution in [-0.4, -0.2) is 22.1 Å². The van der Waals surface area contributed by atoms with Crippen molar-refractivity contribution in [3.63, 3.8) is 0 Å². The number of sulfonamides is 1. The highest BCUT2D eigenvalue weighted by Crippen LogP contribution is 2.25. The van der Waals surface area contributed by atoms with E-state index in [0.29, 0.717) is 24.0 Å². The number of ether oxygens (including phenoxy) is 1. The first kappa shape index (κ1) is 17.3. The molecule has 0 fully saturated rings. The van der Waals surface area contributed by atoms with Crippen LogP contribution in [0.2, 0.25) is 0 Å². The SMILES string of the molecule is CCOc1ccc(S(=O)(=O)N(C)c2ccc(C(C)C)cc2)cc1. The number of rotatable bonds is 6. The second-order valence-corrected chi connectivity index (χ2v) is 7.59. The normalized spacial score (nSPS) is 11.5. The average Bonchev–Trinajstić information content (AvgIpc) is 2.55. The molecule has 0 aromatic heterocycles. The molecule has 2 aromatic rings. The second kappa shape index (κ2) is 7.04. The third kappa shape index (κ3) is 3.85. The molecule has 0 aliphatic rings. The maximum absolute atomic E-state index is 12.7. The minimum absolute atomic E-state index is 0.247. The van der Waals surface area contributed by atoms with Crippen molar-refractivity contribution in [3.8, 4) is 5.75 Å². The Morgan fingerprint density at radius 2 is 1.57 bits per heavy atom. The molecule has 4 nitrogen and oxygen atoms in total. The summed E-state index contributed by atoms with van der Waals surface area (Å²) in [6.45, 7) is 6.65. The molecule has 0 amide bonds. The second-order valence-electron chi connectivity index (χ2n) is 5.62. The molecule has 0 spiro atoms. The lowest BCUT2D eigenvalue weighted by molar-refractivity contribution is 0.340. The highest BCUT2D eigenvalue weighted by molar-refractivity contribution is 7.92. The Morgan fingerprint density at radius 3 is 2.04 bits per heavy atom. The van der Waals surface area contributed by atoms with Gasteiger partial charge in [0.05, 0.1) is 17.2 Å². The van der Waals surface area contributed by atoms with Crippen LogP contribution in [0.25, 0.3) is 0 Å². The van der Waals surface area contributed by atoms with Gasteiger partial charge >= 0.3 is 0 Å². The minimum Gasteiger partial charge on any atom is -0.494 e. The fraction of sp³-hybridized carbons (Fsp3) is 0.333. The predicted octanol–water partition coefficient (Wildman–Crippen LogP) is 4.03. The third-order valence-electron chi connectivity index (χ3n) is 3.72. The molecular weight excluding hydrogens is 310 g/mol. The molecule has 0 atom stereocenters. The molecule has 0 radical (unpaired) electrons. The fourth-order valence-electron chi connectivity index (χ4n) is 2.24. The van der Waals surface area contributed by atoms with E-state index in [9.17, 15) is 8.42 Å². The van der Waals surface area contributed by atoms with Crippen molar-refractivity contribution >= 4 is 15.7 Å². The average molecular weight is 333 g/mol. The summed E-state index contributed by atoms with van der Waals surface area (Å²) in [5.74, 6) is 1.08. The zero-order valence-corrected chi connectivity index (χ0v) is 14.8. The molecule has 2 aromatic carbocycles. The molecule has 0 N–H and O–H groups in total. The van der Waals surface area contributed by atoms with Gasteiger partial charge in [0, 0.05) is 7.05 Å². The molecule has 0 heterocycles. The smallest absolute Gasteiger partial charge is 0.264 e. The predicted molar refractivity (Wildman–Crippen MR) is 93.7 cm³/mol. The summed E-state index contributed by atoms with van der Waals surface area (Å²) in [6, 6.07) is 14.1. The number of nitrogens with zero attached hydrogens (tertiary/aromatic N) is 1. The van der Waals surface area contributed by atoms with Gasteiger partial charge in [-0.3, -0.25) is 4.31 Å². The van der Waals surface area contributed by atoms with Crippen molar-refractivity contribution < 1.29 is 13.2 Å². The van der Waals surface area contributed by atoms with Crippen LogP contribution in [0, 0.1) is 0 Å². The summed E-state index contributed by atoms with van der Waals surface area (Å²) < 4.78 is 32.1. The Hall–Kier alpha value is -2.01. The topological polar surface area (TPSA) is 46.6 Å². The van der Waals surface area contributed by atoms with Crippen molar-refractivity contribution in [1.82, 2.24) is 0 Å². The zero-order valence-electron chi connectivity index (χ0n) is 14.0. The van der Waals surface area contributed by atoms with Crippen molar-refractivity contribution in [2.75, 3.05) is 18.0 Å². The van der Waals surface area contributed by atoms with Gasteiger partial charge < -0.3 is 4.74 Å². The monoisotopic (exact) mass is 333 g/mol. The van der Waals surface area contributed by atoms with Gasteiger partial charge in [-0.05, 0) is 54.8 Å². The summed E-state index contributed by atoms with van der Waals surface area (Å²) in [6.07, 6.45) is 0. The largest absolute Gasteiger partial charge is 0.494 e. The van der Waals surface area contributed by atoms with Crippen LogP contribution in [0.5, 0.6) is 5.75 Å². The van der Waals surface area contributed by atoms with E-state index >= 15 is 0 Å².